The third kappa shape index (κ3) is 1.48. The lowest BCUT2D eigenvalue weighted by Gasteiger charge is -1.89. The molecule has 0 bridgehead atoms. The molecule has 78 valence electrons. The number of hydrogen-bond donors (Lipinski definition) is 2. The van der Waals surface area contributed by atoms with Crippen LogP contribution < -0.4 is 0 Å². The molecule has 0 aliphatic rings. The Hall–Kier alpha value is -1.84. The number of aromatic nitrogens is 4. The van der Waals surface area contributed by atoms with Crippen molar-refractivity contribution in [3.05, 3.63) is 24.2 Å². The quantitative estimate of drug-likeness (QED) is 0.589. The van der Waals surface area contributed by atoms with Gasteiger partial charge in [0, 0.05) is 11.1 Å². The maximum absolute atomic E-state index is 4.15. The van der Waals surface area contributed by atoms with Crippen LogP contribution in [0.2, 0.25) is 0 Å². The highest BCUT2D eigenvalue weighted by molar-refractivity contribution is 5.94. The van der Waals surface area contributed by atoms with Crippen LogP contribution in [-0.4, -0.2) is 20.2 Å². The fourth-order valence-electron chi connectivity index (χ4n) is 1.58. The predicted molar refractivity (Wildman–Crippen MR) is 61.8 cm³/mol. The van der Waals surface area contributed by atoms with Gasteiger partial charge in [-0.15, -0.1) is 0 Å². The zero-order chi connectivity index (χ0) is 10.8. The Labute approximate surface area is 87.7 Å². The average molecular weight is 202 g/mol. The van der Waals surface area contributed by atoms with Crippen molar-refractivity contribution in [2.24, 2.45) is 0 Å². The Balaban J connectivity index is 0.000000404. The van der Waals surface area contributed by atoms with Gasteiger partial charge in [0.15, 0.2) is 0 Å². The molecule has 0 saturated carbocycles. The second-order valence-corrected chi connectivity index (χ2v) is 3.14. The van der Waals surface area contributed by atoms with Gasteiger partial charge in [0.25, 0.3) is 0 Å². The summed E-state index contributed by atoms with van der Waals surface area (Å²) in [6, 6.07) is 4.04. The molecule has 0 saturated heterocycles. The molecule has 0 aliphatic carbocycles. The second-order valence-electron chi connectivity index (χ2n) is 3.14. The van der Waals surface area contributed by atoms with Crippen molar-refractivity contribution in [1.82, 2.24) is 20.2 Å². The summed E-state index contributed by atoms with van der Waals surface area (Å²) in [6.45, 7) is 6.03. The standard InChI is InChI=1S/C9H8N4.C2H6/c1-5-6-2-8-9(11-4-10-8)3-7(6)13-12-5;1-2/h2-4,12-13H,1H3;1-2H3. The highest BCUT2D eigenvalue weighted by Crippen LogP contribution is 2.20. The minimum absolute atomic E-state index is 0.933. The Morgan fingerprint density at radius 3 is 2.40 bits per heavy atom. The highest BCUT2D eigenvalue weighted by atomic mass is 15.1. The lowest BCUT2D eigenvalue weighted by Crippen LogP contribution is -1.72. The van der Waals surface area contributed by atoms with Crippen molar-refractivity contribution in [2.75, 3.05) is 0 Å². The van der Waals surface area contributed by atoms with E-state index in [9.17, 15) is 0 Å². The number of fused-ring (bicyclic) bond motifs is 2. The van der Waals surface area contributed by atoms with Gasteiger partial charge >= 0.3 is 0 Å². The largest absolute Gasteiger partial charge is 0.305 e. The highest BCUT2D eigenvalue weighted by Gasteiger charge is 2.03. The van der Waals surface area contributed by atoms with Crippen LogP contribution in [0.1, 0.15) is 19.5 Å². The van der Waals surface area contributed by atoms with Crippen LogP contribution in [0.4, 0.5) is 0 Å². The molecule has 0 radical (unpaired) electrons. The second kappa shape index (κ2) is 3.73. The van der Waals surface area contributed by atoms with Crippen LogP contribution in [0.25, 0.3) is 21.9 Å². The fraction of sp³-hybridized carbons (Fsp3) is 0.273. The summed E-state index contributed by atoms with van der Waals surface area (Å²) in [5.74, 6) is 0. The number of nitrogens with zero attached hydrogens (tertiary/aromatic N) is 2. The minimum Gasteiger partial charge on any atom is -0.305 e. The van der Waals surface area contributed by atoms with Crippen LogP contribution >= 0.6 is 0 Å². The van der Waals surface area contributed by atoms with Crippen molar-refractivity contribution >= 4 is 21.9 Å². The van der Waals surface area contributed by atoms with E-state index in [-0.39, 0.29) is 0 Å². The molecule has 1 aromatic carbocycles. The van der Waals surface area contributed by atoms with Crippen molar-refractivity contribution in [1.29, 1.82) is 0 Å². The number of H-pyrrole nitrogens is 2. The zero-order valence-electron chi connectivity index (χ0n) is 9.13. The Kier molecular flexibility index (Phi) is 2.41. The van der Waals surface area contributed by atoms with E-state index in [1.807, 2.05) is 32.9 Å². The van der Waals surface area contributed by atoms with Gasteiger partial charge in [0.2, 0.25) is 0 Å². The smallest absolute Gasteiger partial charge is 0.116 e. The number of aromatic amines is 2. The van der Waals surface area contributed by atoms with E-state index >= 15 is 0 Å². The molecule has 0 fully saturated rings. The monoisotopic (exact) mass is 202 g/mol. The molecule has 0 atom stereocenters. The normalized spacial score (nSPS) is 10.3. The van der Waals surface area contributed by atoms with Crippen LogP contribution in [0.3, 0.4) is 0 Å². The zero-order valence-corrected chi connectivity index (χ0v) is 9.13. The molecule has 2 heterocycles. The molecule has 2 N–H and O–H groups in total. The number of hydrogen-bond acceptors (Lipinski definition) is 2. The first-order valence-electron chi connectivity index (χ1n) is 5.12. The van der Waals surface area contributed by atoms with E-state index in [0.717, 1.165) is 22.2 Å². The molecule has 0 unspecified atom stereocenters. The van der Waals surface area contributed by atoms with E-state index in [1.165, 1.54) is 5.39 Å². The van der Waals surface area contributed by atoms with Crippen molar-refractivity contribution in [2.45, 2.75) is 20.8 Å². The fourth-order valence-corrected chi connectivity index (χ4v) is 1.58. The average Bonchev–Trinajstić information content (AvgIpc) is 2.86. The molecule has 4 heteroatoms. The topological polar surface area (TPSA) is 57.4 Å². The van der Waals surface area contributed by atoms with Crippen LogP contribution in [0.5, 0.6) is 0 Å². The summed E-state index contributed by atoms with van der Waals surface area (Å²) in [6.07, 6.45) is 1.59. The van der Waals surface area contributed by atoms with E-state index in [2.05, 4.69) is 20.2 Å². The molecule has 3 rings (SSSR count). The molecule has 3 aromatic rings. The molecule has 0 amide bonds. The molecule has 2 aromatic heterocycles. The molecule has 0 spiro atoms. The minimum atomic E-state index is 0.933. The van der Waals surface area contributed by atoms with Crippen molar-refractivity contribution < 1.29 is 0 Å². The van der Waals surface area contributed by atoms with Gasteiger partial charge in [-0.05, 0) is 19.1 Å². The van der Waals surface area contributed by atoms with E-state index in [1.54, 1.807) is 6.33 Å². The molecule has 15 heavy (non-hydrogen) atoms. The molecular formula is C11H14N4. The first-order valence-corrected chi connectivity index (χ1v) is 5.12. The van der Waals surface area contributed by atoms with Crippen LogP contribution in [0, 0.1) is 6.92 Å². The molecule has 0 aliphatic heterocycles. The number of imidazole rings is 1. The van der Waals surface area contributed by atoms with Crippen LogP contribution in [-0.2, 0) is 0 Å². The SMILES string of the molecule is CC.Cc1[nH][nH]c2cc3ncnc3cc12. The summed E-state index contributed by atoms with van der Waals surface area (Å²) in [4.78, 5) is 8.28. The number of aryl methyl sites for hydroxylation is 1. The first-order chi connectivity index (χ1) is 7.34. The van der Waals surface area contributed by atoms with Gasteiger partial charge < -0.3 is 10.2 Å². The van der Waals surface area contributed by atoms with Gasteiger partial charge in [-0.25, -0.2) is 9.97 Å². The Morgan fingerprint density at radius 1 is 1.00 bits per heavy atom. The maximum Gasteiger partial charge on any atom is 0.116 e. The van der Waals surface area contributed by atoms with Gasteiger partial charge in [-0.2, -0.15) is 0 Å². The third-order valence-corrected chi connectivity index (χ3v) is 2.30. The lowest BCUT2D eigenvalue weighted by molar-refractivity contribution is 1.07. The number of rotatable bonds is 0. The van der Waals surface area contributed by atoms with E-state index in [0.29, 0.717) is 0 Å². The van der Waals surface area contributed by atoms with Gasteiger partial charge in [-0.1, -0.05) is 13.8 Å². The van der Waals surface area contributed by atoms with Gasteiger partial charge in [0.05, 0.1) is 16.6 Å². The number of nitrogens with one attached hydrogen (secondary N) is 2. The first kappa shape index (κ1) is 9.71. The molecule has 4 nitrogen and oxygen atoms in total. The summed E-state index contributed by atoms with van der Waals surface area (Å²) in [5.41, 5.74) is 4.08. The van der Waals surface area contributed by atoms with Crippen LogP contribution in [0.15, 0.2) is 18.5 Å². The summed E-state index contributed by atoms with van der Waals surface area (Å²) in [5, 5.41) is 7.31. The Bertz CT molecular complexity index is 576. The summed E-state index contributed by atoms with van der Waals surface area (Å²) >= 11 is 0. The van der Waals surface area contributed by atoms with E-state index < -0.39 is 0 Å². The summed E-state index contributed by atoms with van der Waals surface area (Å²) in [7, 11) is 0. The summed E-state index contributed by atoms with van der Waals surface area (Å²) < 4.78 is 0. The van der Waals surface area contributed by atoms with Gasteiger partial charge in [0.1, 0.15) is 6.33 Å². The lowest BCUT2D eigenvalue weighted by atomic mass is 10.2. The van der Waals surface area contributed by atoms with Crippen molar-refractivity contribution in [3.8, 4) is 0 Å². The molecular weight excluding hydrogens is 188 g/mol. The van der Waals surface area contributed by atoms with Gasteiger partial charge in [-0.3, -0.25) is 0 Å². The number of benzene rings is 1. The Morgan fingerprint density at radius 2 is 1.67 bits per heavy atom. The van der Waals surface area contributed by atoms with Crippen molar-refractivity contribution in [3.63, 3.8) is 0 Å². The predicted octanol–water partition coefficient (Wildman–Crippen LogP) is 2.77. The third-order valence-electron chi connectivity index (χ3n) is 2.30. The maximum atomic E-state index is 4.15. The van der Waals surface area contributed by atoms with E-state index in [4.69, 9.17) is 0 Å².